The molecule has 0 saturated carbocycles. The summed E-state index contributed by atoms with van der Waals surface area (Å²) in [6.45, 7) is 0. The largest absolute Gasteiger partial charge is 0.498 e. The van der Waals surface area contributed by atoms with Crippen LogP contribution in [-0.2, 0) is 8.85 Å². The zero-order valence-electron chi connectivity index (χ0n) is 6.13. The summed E-state index contributed by atoms with van der Waals surface area (Å²) in [7, 11) is -0.177. The first-order chi connectivity index (χ1) is 4.68. The summed E-state index contributed by atoms with van der Waals surface area (Å²) in [6.07, 6.45) is 0.268. The molecule has 0 radical (unpaired) electrons. The molecule has 58 valence electrons. The van der Waals surface area contributed by atoms with Gasteiger partial charge in [-0.05, 0) is 0 Å². The predicted octanol–water partition coefficient (Wildman–Crippen LogP) is 0.124. The molecule has 0 fully saturated rings. The SMILES string of the molecule is CO[Si](O)(CCC#N)OC. The Hall–Kier alpha value is -0.413. The van der Waals surface area contributed by atoms with Crippen molar-refractivity contribution in [3.63, 3.8) is 0 Å². The van der Waals surface area contributed by atoms with Gasteiger partial charge < -0.3 is 13.6 Å². The molecule has 0 aliphatic heterocycles. The highest BCUT2D eigenvalue weighted by Crippen LogP contribution is 2.08. The second-order valence-corrected chi connectivity index (χ2v) is 4.52. The molecule has 0 aliphatic carbocycles. The van der Waals surface area contributed by atoms with E-state index in [1.165, 1.54) is 14.2 Å². The van der Waals surface area contributed by atoms with E-state index in [4.69, 9.17) is 14.1 Å². The Bertz CT molecular complexity index is 129. The average molecular weight is 161 g/mol. The standard InChI is InChI=1S/C5H11NO3Si/c1-8-10(7,9-2)5-3-4-6/h7H,3,5H2,1-2H3. The van der Waals surface area contributed by atoms with Gasteiger partial charge in [-0.2, -0.15) is 5.26 Å². The van der Waals surface area contributed by atoms with E-state index >= 15 is 0 Å². The molecule has 0 saturated heterocycles. The van der Waals surface area contributed by atoms with E-state index < -0.39 is 8.80 Å². The molecule has 0 spiro atoms. The Balaban J connectivity index is 3.71. The lowest BCUT2D eigenvalue weighted by molar-refractivity contribution is 0.152. The molecule has 0 amide bonds. The van der Waals surface area contributed by atoms with Gasteiger partial charge in [-0.1, -0.05) is 0 Å². The third kappa shape index (κ3) is 2.94. The molecule has 1 N–H and O–H groups in total. The zero-order valence-corrected chi connectivity index (χ0v) is 7.13. The first kappa shape index (κ1) is 9.59. The fraction of sp³-hybridized carbons (Fsp3) is 0.800. The Morgan fingerprint density at radius 3 is 2.30 bits per heavy atom. The third-order valence-electron chi connectivity index (χ3n) is 1.19. The molecule has 0 aromatic rings. The molecular weight excluding hydrogens is 150 g/mol. The van der Waals surface area contributed by atoms with Crippen LogP contribution in [0.4, 0.5) is 0 Å². The number of hydrogen-bond acceptors (Lipinski definition) is 4. The van der Waals surface area contributed by atoms with E-state index in [1.54, 1.807) is 0 Å². The van der Waals surface area contributed by atoms with E-state index in [2.05, 4.69) is 0 Å². The van der Waals surface area contributed by atoms with Gasteiger partial charge in [0.05, 0.1) is 6.07 Å². The summed E-state index contributed by atoms with van der Waals surface area (Å²) >= 11 is 0. The van der Waals surface area contributed by atoms with Crippen molar-refractivity contribution in [2.24, 2.45) is 0 Å². The van der Waals surface area contributed by atoms with Crippen molar-refractivity contribution in [1.82, 2.24) is 0 Å². The summed E-state index contributed by atoms with van der Waals surface area (Å²) in [4.78, 5) is 9.30. The summed E-state index contributed by atoms with van der Waals surface area (Å²) in [5.41, 5.74) is 0. The smallest absolute Gasteiger partial charge is 0.390 e. The Kier molecular flexibility index (Phi) is 4.23. The van der Waals surface area contributed by atoms with Crippen molar-refractivity contribution >= 4 is 8.80 Å². The van der Waals surface area contributed by atoms with Gasteiger partial charge in [-0.3, -0.25) is 0 Å². The van der Waals surface area contributed by atoms with E-state index in [9.17, 15) is 4.80 Å². The van der Waals surface area contributed by atoms with Crippen molar-refractivity contribution in [1.29, 1.82) is 5.26 Å². The molecule has 0 rings (SSSR count). The molecule has 0 aromatic heterocycles. The Morgan fingerprint density at radius 1 is 1.50 bits per heavy atom. The molecule has 0 aliphatic rings. The van der Waals surface area contributed by atoms with Crippen LogP contribution in [0.3, 0.4) is 0 Å². The molecule has 0 unspecified atom stereocenters. The minimum atomic E-state index is -2.94. The lowest BCUT2D eigenvalue weighted by Gasteiger charge is -2.17. The molecule has 0 heterocycles. The minimum Gasteiger partial charge on any atom is -0.390 e. The van der Waals surface area contributed by atoms with Gasteiger partial charge in [0, 0.05) is 26.7 Å². The lowest BCUT2D eigenvalue weighted by Crippen LogP contribution is -2.39. The van der Waals surface area contributed by atoms with Crippen molar-refractivity contribution in [2.75, 3.05) is 14.2 Å². The second kappa shape index (κ2) is 4.41. The van der Waals surface area contributed by atoms with Gasteiger partial charge in [0.15, 0.2) is 0 Å². The summed E-state index contributed by atoms with van der Waals surface area (Å²) in [5.74, 6) is 0. The maximum atomic E-state index is 9.30. The highest BCUT2D eigenvalue weighted by atomic mass is 28.4. The fourth-order valence-electron chi connectivity index (χ4n) is 0.501. The van der Waals surface area contributed by atoms with Crippen LogP contribution in [0.15, 0.2) is 0 Å². The van der Waals surface area contributed by atoms with Gasteiger partial charge in [0.2, 0.25) is 0 Å². The normalized spacial score (nSPS) is 11.0. The van der Waals surface area contributed by atoms with Crippen molar-refractivity contribution < 1.29 is 13.6 Å². The van der Waals surface area contributed by atoms with Crippen LogP contribution in [0.25, 0.3) is 0 Å². The summed E-state index contributed by atoms with van der Waals surface area (Å²) < 4.78 is 9.42. The van der Waals surface area contributed by atoms with E-state index in [0.29, 0.717) is 6.04 Å². The molecule has 0 bridgehead atoms. The summed E-state index contributed by atoms with van der Waals surface area (Å²) in [5, 5.41) is 8.17. The molecule has 4 nitrogen and oxygen atoms in total. The van der Waals surface area contributed by atoms with Gasteiger partial charge in [-0.15, -0.1) is 0 Å². The predicted molar refractivity (Wildman–Crippen MR) is 37.0 cm³/mol. The van der Waals surface area contributed by atoms with Crippen LogP contribution in [0.2, 0.25) is 6.04 Å². The van der Waals surface area contributed by atoms with Crippen LogP contribution in [0.1, 0.15) is 6.42 Å². The first-order valence-electron chi connectivity index (χ1n) is 2.88. The van der Waals surface area contributed by atoms with E-state index in [-0.39, 0.29) is 6.42 Å². The van der Waals surface area contributed by atoms with Gasteiger partial charge in [0.1, 0.15) is 0 Å². The zero-order chi connectivity index (χ0) is 8.04. The molecule has 10 heavy (non-hydrogen) atoms. The van der Waals surface area contributed by atoms with Crippen LogP contribution in [0.5, 0.6) is 0 Å². The van der Waals surface area contributed by atoms with Crippen LogP contribution < -0.4 is 0 Å². The number of nitriles is 1. The number of nitrogens with zero attached hydrogens (tertiary/aromatic N) is 1. The van der Waals surface area contributed by atoms with E-state index in [1.807, 2.05) is 6.07 Å². The van der Waals surface area contributed by atoms with Crippen molar-refractivity contribution in [3.8, 4) is 6.07 Å². The highest BCUT2D eigenvalue weighted by molar-refractivity contribution is 6.59. The van der Waals surface area contributed by atoms with Crippen LogP contribution in [0, 0.1) is 11.3 Å². The van der Waals surface area contributed by atoms with Gasteiger partial charge in [0.25, 0.3) is 0 Å². The average Bonchev–Trinajstić information content (AvgIpc) is 2.00. The fourth-order valence-corrected chi connectivity index (χ4v) is 1.50. The van der Waals surface area contributed by atoms with Crippen molar-refractivity contribution in [2.45, 2.75) is 12.5 Å². The lowest BCUT2D eigenvalue weighted by atomic mass is 10.6. The van der Waals surface area contributed by atoms with Crippen LogP contribution >= 0.6 is 0 Å². The monoisotopic (exact) mass is 161 g/mol. The molecule has 5 heteroatoms. The highest BCUT2D eigenvalue weighted by Gasteiger charge is 2.33. The number of rotatable bonds is 4. The molecule has 0 aromatic carbocycles. The number of hydrogen-bond donors (Lipinski definition) is 1. The van der Waals surface area contributed by atoms with E-state index in [0.717, 1.165) is 0 Å². The van der Waals surface area contributed by atoms with Gasteiger partial charge in [-0.25, -0.2) is 0 Å². The molecule has 0 atom stereocenters. The minimum absolute atomic E-state index is 0.268. The third-order valence-corrected chi connectivity index (χ3v) is 3.35. The first-order valence-corrected chi connectivity index (χ1v) is 4.85. The maximum absolute atomic E-state index is 9.30. The maximum Gasteiger partial charge on any atom is 0.498 e. The Labute approximate surface area is 61.4 Å². The summed E-state index contributed by atoms with van der Waals surface area (Å²) in [6, 6.07) is 2.21. The topological polar surface area (TPSA) is 62.5 Å². The quantitative estimate of drug-likeness (QED) is 0.595. The second-order valence-electron chi connectivity index (χ2n) is 1.78. The van der Waals surface area contributed by atoms with Crippen molar-refractivity contribution in [3.05, 3.63) is 0 Å². The molecular formula is C5H11NO3Si. The Morgan fingerprint density at radius 2 is 2.00 bits per heavy atom. The van der Waals surface area contributed by atoms with Gasteiger partial charge >= 0.3 is 8.80 Å². The van der Waals surface area contributed by atoms with Crippen LogP contribution in [-0.4, -0.2) is 27.8 Å².